The van der Waals surface area contributed by atoms with Crippen LogP contribution in [0.2, 0.25) is 0 Å². The summed E-state index contributed by atoms with van der Waals surface area (Å²) in [6, 6.07) is 0.171. The minimum atomic E-state index is 0.0394. The smallest absolute Gasteiger partial charge is 0.189 e. The molecule has 0 saturated heterocycles. The minimum Gasteiger partial charge on any atom is -0.478 e. The van der Waals surface area contributed by atoms with Gasteiger partial charge in [0.25, 0.3) is 0 Å². The van der Waals surface area contributed by atoms with Gasteiger partial charge < -0.3 is 4.74 Å². The van der Waals surface area contributed by atoms with Crippen LogP contribution >= 0.6 is 0 Å². The molecule has 0 amide bonds. The first-order valence-electron chi connectivity index (χ1n) is 3.87. The Kier molecular flexibility index (Phi) is 2.03. The van der Waals surface area contributed by atoms with E-state index < -0.39 is 0 Å². The fourth-order valence-electron chi connectivity index (χ4n) is 0.920. The molecule has 0 fully saturated rings. The highest BCUT2D eigenvalue weighted by Gasteiger charge is 2.26. The summed E-state index contributed by atoms with van der Waals surface area (Å²) in [7, 11) is 0. The monoisotopic (exact) mass is 153 g/mol. The first kappa shape index (κ1) is 8.31. The molecule has 62 valence electrons. The SMILES string of the molecule is C=CC1COC(C(C)(C)C)=N1. The molecule has 0 bridgehead atoms. The topological polar surface area (TPSA) is 21.6 Å². The Bertz CT molecular complexity index is 188. The number of hydrogen-bond acceptors (Lipinski definition) is 2. The largest absolute Gasteiger partial charge is 0.478 e. The molecule has 1 rings (SSSR count). The fraction of sp³-hybridized carbons (Fsp3) is 0.667. The van der Waals surface area contributed by atoms with Crippen LogP contribution in [0.1, 0.15) is 20.8 Å². The van der Waals surface area contributed by atoms with Crippen molar-refractivity contribution in [1.82, 2.24) is 0 Å². The summed E-state index contributed by atoms with van der Waals surface area (Å²) >= 11 is 0. The second-order valence-corrected chi connectivity index (χ2v) is 3.80. The predicted molar refractivity (Wildman–Crippen MR) is 46.8 cm³/mol. The highest BCUT2D eigenvalue weighted by Crippen LogP contribution is 2.21. The summed E-state index contributed by atoms with van der Waals surface area (Å²) < 4.78 is 5.40. The average Bonchev–Trinajstić information content (AvgIpc) is 2.32. The molecular formula is C9H15NO. The normalized spacial score (nSPS) is 24.3. The summed E-state index contributed by atoms with van der Waals surface area (Å²) in [4.78, 5) is 4.35. The third-order valence-corrected chi connectivity index (χ3v) is 1.59. The van der Waals surface area contributed by atoms with Crippen molar-refractivity contribution in [2.24, 2.45) is 10.4 Å². The van der Waals surface area contributed by atoms with Gasteiger partial charge in [0, 0.05) is 5.41 Å². The number of aliphatic imine (C=N–C) groups is 1. The standard InChI is InChI=1S/C9H15NO/c1-5-7-6-11-8(10-7)9(2,3)4/h5,7H,1,6H2,2-4H3. The first-order valence-corrected chi connectivity index (χ1v) is 3.87. The van der Waals surface area contributed by atoms with Gasteiger partial charge in [0.2, 0.25) is 0 Å². The molecule has 2 heteroatoms. The van der Waals surface area contributed by atoms with Gasteiger partial charge in [0.15, 0.2) is 5.90 Å². The van der Waals surface area contributed by atoms with Crippen LogP contribution < -0.4 is 0 Å². The number of hydrogen-bond donors (Lipinski definition) is 0. The van der Waals surface area contributed by atoms with Gasteiger partial charge in [0.05, 0.1) is 0 Å². The molecule has 0 aromatic heterocycles. The van der Waals surface area contributed by atoms with Crippen molar-refractivity contribution in [1.29, 1.82) is 0 Å². The Morgan fingerprint density at radius 1 is 1.64 bits per heavy atom. The second kappa shape index (κ2) is 2.68. The van der Waals surface area contributed by atoms with E-state index in [4.69, 9.17) is 4.74 Å². The van der Waals surface area contributed by atoms with E-state index >= 15 is 0 Å². The molecule has 1 atom stereocenters. The van der Waals surface area contributed by atoms with Crippen molar-refractivity contribution in [2.45, 2.75) is 26.8 Å². The van der Waals surface area contributed by atoms with Crippen LogP contribution in [0.4, 0.5) is 0 Å². The van der Waals surface area contributed by atoms with Gasteiger partial charge >= 0.3 is 0 Å². The molecule has 0 spiro atoms. The molecule has 0 radical (unpaired) electrons. The molecule has 1 unspecified atom stereocenters. The van der Waals surface area contributed by atoms with Crippen LogP contribution in [0.5, 0.6) is 0 Å². The summed E-state index contributed by atoms with van der Waals surface area (Å²) in [5.74, 6) is 0.849. The van der Waals surface area contributed by atoms with E-state index in [2.05, 4.69) is 32.3 Å². The summed E-state index contributed by atoms with van der Waals surface area (Å²) in [6.45, 7) is 10.6. The van der Waals surface area contributed by atoms with Gasteiger partial charge in [-0.05, 0) is 0 Å². The molecule has 0 aromatic rings. The van der Waals surface area contributed by atoms with E-state index in [-0.39, 0.29) is 11.5 Å². The lowest BCUT2D eigenvalue weighted by Gasteiger charge is -2.16. The first-order chi connectivity index (χ1) is 5.04. The molecule has 2 nitrogen and oxygen atoms in total. The van der Waals surface area contributed by atoms with E-state index in [1.54, 1.807) is 0 Å². The van der Waals surface area contributed by atoms with Gasteiger partial charge in [-0.1, -0.05) is 26.8 Å². The Balaban J connectivity index is 2.69. The van der Waals surface area contributed by atoms with Crippen LogP contribution in [0.15, 0.2) is 17.6 Å². The van der Waals surface area contributed by atoms with Crippen LogP contribution in [0, 0.1) is 5.41 Å². The van der Waals surface area contributed by atoms with Crippen LogP contribution in [-0.2, 0) is 4.74 Å². The lowest BCUT2D eigenvalue weighted by Crippen LogP contribution is -2.20. The summed E-state index contributed by atoms with van der Waals surface area (Å²) in [5.41, 5.74) is 0.0394. The van der Waals surface area contributed by atoms with Crippen LogP contribution in [-0.4, -0.2) is 18.5 Å². The van der Waals surface area contributed by atoms with Gasteiger partial charge in [-0.15, -0.1) is 6.58 Å². The molecule has 1 aliphatic rings. The highest BCUT2D eigenvalue weighted by molar-refractivity contribution is 5.83. The average molecular weight is 153 g/mol. The number of ether oxygens (including phenoxy) is 1. The van der Waals surface area contributed by atoms with Crippen molar-refractivity contribution in [2.75, 3.05) is 6.61 Å². The Morgan fingerprint density at radius 2 is 2.27 bits per heavy atom. The molecule has 0 aliphatic carbocycles. The van der Waals surface area contributed by atoms with E-state index in [9.17, 15) is 0 Å². The molecule has 0 saturated carbocycles. The van der Waals surface area contributed by atoms with E-state index in [0.29, 0.717) is 6.61 Å². The van der Waals surface area contributed by atoms with Crippen molar-refractivity contribution < 1.29 is 4.74 Å². The maximum Gasteiger partial charge on any atom is 0.189 e. The molecule has 11 heavy (non-hydrogen) atoms. The Hall–Kier alpha value is -0.790. The third kappa shape index (κ3) is 1.82. The highest BCUT2D eigenvalue weighted by atomic mass is 16.5. The quantitative estimate of drug-likeness (QED) is 0.528. The molecule has 1 aliphatic heterocycles. The van der Waals surface area contributed by atoms with E-state index in [1.165, 1.54) is 0 Å². The van der Waals surface area contributed by atoms with Crippen molar-refractivity contribution in [3.63, 3.8) is 0 Å². The predicted octanol–water partition coefficient (Wildman–Crippen LogP) is 2.02. The van der Waals surface area contributed by atoms with E-state index in [0.717, 1.165) is 5.90 Å². The lowest BCUT2D eigenvalue weighted by atomic mass is 9.97. The maximum absolute atomic E-state index is 5.40. The number of rotatable bonds is 1. The van der Waals surface area contributed by atoms with Gasteiger partial charge in [-0.2, -0.15) is 0 Å². The lowest BCUT2D eigenvalue weighted by molar-refractivity contribution is 0.292. The zero-order valence-electron chi connectivity index (χ0n) is 7.42. The Labute approximate surface area is 68.0 Å². The number of nitrogens with zero attached hydrogens (tertiary/aromatic N) is 1. The fourth-order valence-corrected chi connectivity index (χ4v) is 0.920. The van der Waals surface area contributed by atoms with Crippen LogP contribution in [0.3, 0.4) is 0 Å². The van der Waals surface area contributed by atoms with Crippen LogP contribution in [0.25, 0.3) is 0 Å². The van der Waals surface area contributed by atoms with Gasteiger partial charge in [-0.3, -0.25) is 0 Å². The van der Waals surface area contributed by atoms with E-state index in [1.807, 2.05) is 6.08 Å². The minimum absolute atomic E-state index is 0.0394. The maximum atomic E-state index is 5.40. The van der Waals surface area contributed by atoms with Crippen molar-refractivity contribution in [3.8, 4) is 0 Å². The van der Waals surface area contributed by atoms with Gasteiger partial charge in [0.1, 0.15) is 12.6 Å². The summed E-state index contributed by atoms with van der Waals surface area (Å²) in [5, 5.41) is 0. The zero-order valence-corrected chi connectivity index (χ0v) is 7.42. The van der Waals surface area contributed by atoms with Gasteiger partial charge in [-0.25, -0.2) is 4.99 Å². The van der Waals surface area contributed by atoms with Crippen molar-refractivity contribution in [3.05, 3.63) is 12.7 Å². The second-order valence-electron chi connectivity index (χ2n) is 3.80. The zero-order chi connectivity index (χ0) is 8.48. The molecule has 0 aromatic carbocycles. The third-order valence-electron chi connectivity index (χ3n) is 1.59. The molecular weight excluding hydrogens is 138 g/mol. The van der Waals surface area contributed by atoms with Crippen molar-refractivity contribution >= 4 is 5.90 Å². The molecule has 1 heterocycles. The summed E-state index contributed by atoms with van der Waals surface area (Å²) in [6.07, 6.45) is 1.82. The molecule has 0 N–H and O–H groups in total. The Morgan fingerprint density at radius 3 is 2.55 bits per heavy atom.